The molecule has 9 heteroatoms. The SMILES string of the molecule is C=CCOc1ccccc1CN(Cc1cccc(CN2O[C@@H](CO)[C@@H]([C@H](C)O)[C@H]2C(=O)N[C@H]2C[C@@H]3C[C@H]([C@@H]2C)C3(C)C)c1)[C@@H](CC(C)C)CN(C)C. The van der Waals surface area contributed by atoms with E-state index in [1.165, 1.54) is 12.0 Å². The summed E-state index contributed by atoms with van der Waals surface area (Å²) < 4.78 is 6.07. The van der Waals surface area contributed by atoms with E-state index in [4.69, 9.17) is 9.57 Å². The monoisotopic (exact) mass is 719 g/mol. The first-order chi connectivity index (χ1) is 24.7. The van der Waals surface area contributed by atoms with Crippen LogP contribution in [0.1, 0.15) is 77.5 Å². The number of carbonyl (C=O) groups excluding carboxylic acids is 1. The van der Waals surface area contributed by atoms with Crippen molar-refractivity contribution in [3.05, 3.63) is 77.9 Å². The Bertz CT molecular complexity index is 1470. The van der Waals surface area contributed by atoms with E-state index >= 15 is 0 Å². The van der Waals surface area contributed by atoms with Gasteiger partial charge in [-0.3, -0.25) is 14.5 Å². The molecule has 0 spiro atoms. The standard InChI is InChI=1S/C43H66N4O5/c1-10-18-51-38-17-12-11-16-33(38)25-46(35(19-28(2)3)26-45(8)9)23-31-14-13-15-32(20-31)24-47-41(40(30(5)49)39(27-48)52-47)42(50)44-37-22-34-21-36(29(37)4)43(34,6)7/h10-17,20,28-30,34-37,39-41,48-49H,1,18-19,21-27H2,2-9H3,(H,44,50)/t29-,30-,34-,35-,36+,37-,39-,40+,41-/m0/s1. The second-order valence-corrected chi connectivity index (χ2v) is 17.2. The normalized spacial score (nSPS) is 28.1. The Morgan fingerprint density at radius 1 is 1.12 bits per heavy atom. The lowest BCUT2D eigenvalue weighted by Gasteiger charge is -2.62. The number of hydrogen-bond donors (Lipinski definition) is 3. The van der Waals surface area contributed by atoms with Gasteiger partial charge in [-0.05, 0) is 86.6 Å². The molecular weight excluding hydrogens is 652 g/mol. The van der Waals surface area contributed by atoms with Crippen LogP contribution in [0, 0.1) is 35.0 Å². The van der Waals surface area contributed by atoms with Crippen LogP contribution in [-0.4, -0.2) is 95.2 Å². The number of amides is 1. The Kier molecular flexibility index (Phi) is 13.6. The van der Waals surface area contributed by atoms with Crippen LogP contribution in [0.5, 0.6) is 5.75 Å². The fourth-order valence-corrected chi connectivity index (χ4v) is 9.49. The number of benzene rings is 2. The summed E-state index contributed by atoms with van der Waals surface area (Å²) in [5.41, 5.74) is 3.63. The Balaban J connectivity index is 1.38. The maximum Gasteiger partial charge on any atom is 0.240 e. The summed E-state index contributed by atoms with van der Waals surface area (Å²) in [5.74, 6) is 2.30. The molecule has 3 N–H and O–H groups in total. The molecule has 1 amide bonds. The van der Waals surface area contributed by atoms with Crippen molar-refractivity contribution in [1.29, 1.82) is 0 Å². The number of hydrogen-bond acceptors (Lipinski definition) is 8. The highest BCUT2D eigenvalue weighted by atomic mass is 16.7. The van der Waals surface area contributed by atoms with Crippen LogP contribution >= 0.6 is 0 Å². The lowest BCUT2D eigenvalue weighted by Crippen LogP contribution is -2.62. The maximum absolute atomic E-state index is 14.2. The van der Waals surface area contributed by atoms with Gasteiger partial charge in [0.1, 0.15) is 24.5 Å². The number of nitrogens with one attached hydrogen (secondary N) is 1. The largest absolute Gasteiger partial charge is 0.489 e. The summed E-state index contributed by atoms with van der Waals surface area (Å²) in [4.78, 5) is 25.3. The van der Waals surface area contributed by atoms with E-state index in [9.17, 15) is 15.0 Å². The molecule has 9 atom stereocenters. The molecule has 0 radical (unpaired) electrons. The molecule has 0 unspecified atom stereocenters. The smallest absolute Gasteiger partial charge is 0.240 e. The number of carbonyl (C=O) groups is 1. The van der Waals surface area contributed by atoms with E-state index in [1.807, 2.05) is 12.1 Å². The molecule has 3 aliphatic carbocycles. The highest BCUT2D eigenvalue weighted by Crippen LogP contribution is 2.61. The van der Waals surface area contributed by atoms with E-state index in [0.717, 1.165) is 49.4 Å². The molecule has 2 aromatic carbocycles. The van der Waals surface area contributed by atoms with Gasteiger partial charge in [-0.15, -0.1) is 0 Å². The number of hydroxylamine groups is 2. The van der Waals surface area contributed by atoms with Gasteiger partial charge in [0, 0.05) is 43.2 Å². The summed E-state index contributed by atoms with van der Waals surface area (Å²) >= 11 is 0. The molecule has 2 bridgehead atoms. The Labute approximate surface area is 313 Å². The molecule has 4 fully saturated rings. The zero-order valence-corrected chi connectivity index (χ0v) is 33.0. The van der Waals surface area contributed by atoms with Crippen LogP contribution in [-0.2, 0) is 29.3 Å². The number of aliphatic hydroxyl groups excluding tert-OH is 2. The molecule has 1 saturated heterocycles. The number of aliphatic hydroxyl groups is 2. The lowest BCUT2D eigenvalue weighted by atomic mass is 9.45. The van der Waals surface area contributed by atoms with E-state index in [-0.39, 0.29) is 18.6 Å². The fourth-order valence-electron chi connectivity index (χ4n) is 9.49. The zero-order valence-electron chi connectivity index (χ0n) is 33.0. The Hall–Kier alpha value is -2.79. The molecule has 1 aliphatic heterocycles. The van der Waals surface area contributed by atoms with Crippen LogP contribution in [0.4, 0.5) is 0 Å². The van der Waals surface area contributed by atoms with Crippen LogP contribution in [0.3, 0.4) is 0 Å². The Morgan fingerprint density at radius 3 is 2.48 bits per heavy atom. The van der Waals surface area contributed by atoms with Gasteiger partial charge in [0.2, 0.25) is 5.91 Å². The second kappa shape index (κ2) is 17.6. The summed E-state index contributed by atoms with van der Waals surface area (Å²) in [6, 6.07) is 16.4. The average Bonchev–Trinajstić information content (AvgIpc) is 3.46. The first kappa shape index (κ1) is 40.4. The van der Waals surface area contributed by atoms with E-state index in [2.05, 4.69) is 107 Å². The quantitative estimate of drug-likeness (QED) is 0.164. The number of fused-ring (bicyclic) bond motifs is 2. The average molecular weight is 719 g/mol. The van der Waals surface area contributed by atoms with Crippen molar-refractivity contribution in [3.8, 4) is 5.75 Å². The van der Waals surface area contributed by atoms with Crippen molar-refractivity contribution >= 4 is 5.91 Å². The van der Waals surface area contributed by atoms with Gasteiger partial charge in [-0.2, -0.15) is 5.06 Å². The van der Waals surface area contributed by atoms with Gasteiger partial charge >= 0.3 is 0 Å². The highest BCUT2D eigenvalue weighted by molar-refractivity contribution is 5.82. The van der Waals surface area contributed by atoms with E-state index in [0.29, 0.717) is 48.3 Å². The van der Waals surface area contributed by atoms with Crippen molar-refractivity contribution < 1.29 is 24.6 Å². The van der Waals surface area contributed by atoms with Crippen molar-refractivity contribution in [2.75, 3.05) is 33.9 Å². The van der Waals surface area contributed by atoms with Crippen molar-refractivity contribution in [1.82, 2.24) is 20.2 Å². The summed E-state index contributed by atoms with van der Waals surface area (Å²) in [6.07, 6.45) is 3.53. The summed E-state index contributed by atoms with van der Waals surface area (Å²) in [7, 11) is 4.27. The molecule has 0 aromatic heterocycles. The molecule has 4 aliphatic rings. The summed E-state index contributed by atoms with van der Waals surface area (Å²) in [5, 5.41) is 26.3. The predicted octanol–water partition coefficient (Wildman–Crippen LogP) is 5.89. The molecule has 1 heterocycles. The van der Waals surface area contributed by atoms with E-state index < -0.39 is 24.2 Å². The van der Waals surface area contributed by atoms with Gasteiger partial charge in [0.05, 0.1) is 19.3 Å². The molecule has 288 valence electrons. The van der Waals surface area contributed by atoms with Gasteiger partial charge in [0.25, 0.3) is 0 Å². The molecule has 3 saturated carbocycles. The van der Waals surface area contributed by atoms with Gasteiger partial charge in [-0.1, -0.05) is 89.7 Å². The topological polar surface area (TPSA) is 97.7 Å². The highest BCUT2D eigenvalue weighted by Gasteiger charge is 2.57. The molecule has 9 nitrogen and oxygen atoms in total. The van der Waals surface area contributed by atoms with Crippen LogP contribution in [0.2, 0.25) is 0 Å². The number of para-hydroxylation sites is 1. The first-order valence-electron chi connectivity index (χ1n) is 19.5. The third-order valence-corrected chi connectivity index (χ3v) is 12.3. The zero-order chi connectivity index (χ0) is 37.7. The molecule has 2 aromatic rings. The number of ether oxygens (including phenoxy) is 1. The van der Waals surface area contributed by atoms with Gasteiger partial charge in [-0.25, -0.2) is 0 Å². The maximum atomic E-state index is 14.2. The lowest BCUT2D eigenvalue weighted by molar-refractivity contribution is -0.183. The minimum absolute atomic E-state index is 0.0940. The first-order valence-corrected chi connectivity index (χ1v) is 19.5. The molecule has 52 heavy (non-hydrogen) atoms. The third-order valence-electron chi connectivity index (χ3n) is 12.3. The molecule has 6 rings (SSSR count). The van der Waals surface area contributed by atoms with Crippen molar-refractivity contribution in [2.24, 2.45) is 35.0 Å². The van der Waals surface area contributed by atoms with Crippen LogP contribution < -0.4 is 10.1 Å². The summed E-state index contributed by atoms with van der Waals surface area (Å²) in [6.45, 7) is 20.0. The Morgan fingerprint density at radius 2 is 1.85 bits per heavy atom. The number of rotatable bonds is 18. The minimum Gasteiger partial charge on any atom is -0.489 e. The fraction of sp³-hybridized carbons (Fsp3) is 0.651. The predicted molar refractivity (Wildman–Crippen MR) is 207 cm³/mol. The van der Waals surface area contributed by atoms with Gasteiger partial charge < -0.3 is 25.2 Å². The minimum atomic E-state index is -0.832. The molecular formula is C43H66N4O5. The van der Waals surface area contributed by atoms with Crippen molar-refractivity contribution in [3.63, 3.8) is 0 Å². The van der Waals surface area contributed by atoms with E-state index in [1.54, 1.807) is 18.1 Å². The number of nitrogens with zero attached hydrogens (tertiary/aromatic N) is 3. The third kappa shape index (κ3) is 9.28. The van der Waals surface area contributed by atoms with Crippen LogP contribution in [0.15, 0.2) is 61.2 Å². The van der Waals surface area contributed by atoms with Crippen molar-refractivity contribution in [2.45, 2.75) is 111 Å². The van der Waals surface area contributed by atoms with Gasteiger partial charge in [0.15, 0.2) is 0 Å². The van der Waals surface area contributed by atoms with Crippen LogP contribution in [0.25, 0.3) is 0 Å². The second-order valence-electron chi connectivity index (χ2n) is 17.2. The number of likely N-dealkylation sites (N-methyl/N-ethyl adjacent to an activating group) is 1.